The van der Waals surface area contributed by atoms with Crippen molar-refractivity contribution >= 4 is 28.6 Å². The van der Waals surface area contributed by atoms with Gasteiger partial charge in [0.25, 0.3) is 0 Å². The maximum Gasteiger partial charge on any atom is 0.422 e. The maximum atomic E-state index is 11.9. The zero-order chi connectivity index (χ0) is 12.3. The highest BCUT2D eigenvalue weighted by Crippen LogP contribution is 2.25. The molecule has 0 saturated carbocycles. The van der Waals surface area contributed by atoms with Crippen molar-refractivity contribution in [2.75, 3.05) is 6.61 Å². The van der Waals surface area contributed by atoms with E-state index in [1.165, 1.54) is 12.1 Å². The van der Waals surface area contributed by atoms with Crippen LogP contribution in [0, 0.1) is 3.57 Å². The third-order valence-corrected chi connectivity index (χ3v) is 2.46. The van der Waals surface area contributed by atoms with Gasteiger partial charge in [-0.1, -0.05) is 0 Å². The summed E-state index contributed by atoms with van der Waals surface area (Å²) < 4.78 is 40.6. The van der Waals surface area contributed by atoms with Gasteiger partial charge in [-0.25, -0.2) is 4.79 Å². The number of ether oxygens (including phenoxy) is 1. The predicted octanol–water partition coefficient (Wildman–Crippen LogP) is 2.93. The minimum Gasteiger partial charge on any atom is -0.483 e. The Balaban J connectivity index is 2.86. The number of hydrogen-bond donors (Lipinski definition) is 1. The molecule has 0 aliphatic heterocycles. The average molecular weight is 346 g/mol. The van der Waals surface area contributed by atoms with Crippen LogP contribution < -0.4 is 4.74 Å². The van der Waals surface area contributed by atoms with Gasteiger partial charge in [0.15, 0.2) is 6.61 Å². The molecule has 0 amide bonds. The Morgan fingerprint density at radius 1 is 1.44 bits per heavy atom. The highest BCUT2D eigenvalue weighted by molar-refractivity contribution is 14.1. The number of benzene rings is 1. The van der Waals surface area contributed by atoms with Crippen molar-refractivity contribution in [1.82, 2.24) is 0 Å². The Labute approximate surface area is 102 Å². The van der Waals surface area contributed by atoms with Crippen LogP contribution in [0.25, 0.3) is 0 Å². The van der Waals surface area contributed by atoms with Gasteiger partial charge in [-0.2, -0.15) is 13.2 Å². The number of carboxylic acids is 1. The van der Waals surface area contributed by atoms with E-state index < -0.39 is 18.8 Å². The van der Waals surface area contributed by atoms with Crippen LogP contribution in [0.15, 0.2) is 18.2 Å². The molecule has 0 heterocycles. The van der Waals surface area contributed by atoms with E-state index in [0.29, 0.717) is 3.57 Å². The molecule has 1 N–H and O–H groups in total. The fraction of sp³-hybridized carbons (Fsp3) is 0.222. The SMILES string of the molecule is O=C(O)c1ccc(I)c(OCC(F)(F)F)c1. The molecule has 7 heteroatoms. The van der Waals surface area contributed by atoms with Gasteiger partial charge < -0.3 is 9.84 Å². The molecule has 1 aromatic rings. The lowest BCUT2D eigenvalue weighted by Gasteiger charge is -2.10. The third-order valence-electron chi connectivity index (χ3n) is 1.57. The van der Waals surface area contributed by atoms with E-state index in [4.69, 9.17) is 5.11 Å². The first-order valence-electron chi connectivity index (χ1n) is 4.02. The van der Waals surface area contributed by atoms with Crippen molar-refractivity contribution in [3.63, 3.8) is 0 Å². The van der Waals surface area contributed by atoms with E-state index in [1.54, 1.807) is 22.6 Å². The summed E-state index contributed by atoms with van der Waals surface area (Å²) in [5.41, 5.74) is -0.113. The lowest BCUT2D eigenvalue weighted by molar-refractivity contribution is -0.153. The molecule has 0 aliphatic rings. The number of hydrogen-bond acceptors (Lipinski definition) is 2. The van der Waals surface area contributed by atoms with E-state index in [0.717, 1.165) is 6.07 Å². The summed E-state index contributed by atoms with van der Waals surface area (Å²) in [6.07, 6.45) is -4.44. The topological polar surface area (TPSA) is 46.5 Å². The Morgan fingerprint density at radius 2 is 2.06 bits per heavy atom. The number of aromatic carboxylic acids is 1. The first-order chi connectivity index (χ1) is 7.29. The Kier molecular flexibility index (Phi) is 4.00. The quantitative estimate of drug-likeness (QED) is 0.857. The van der Waals surface area contributed by atoms with Crippen molar-refractivity contribution in [1.29, 1.82) is 0 Å². The fourth-order valence-electron chi connectivity index (χ4n) is 0.907. The summed E-state index contributed by atoms with van der Waals surface area (Å²) in [4.78, 5) is 10.6. The van der Waals surface area contributed by atoms with Crippen LogP contribution in [0.1, 0.15) is 10.4 Å². The largest absolute Gasteiger partial charge is 0.483 e. The van der Waals surface area contributed by atoms with Crippen molar-refractivity contribution < 1.29 is 27.8 Å². The molecular weight excluding hydrogens is 340 g/mol. The number of carboxylic acid groups (broad SMARTS) is 1. The molecular formula is C9H6F3IO3. The van der Waals surface area contributed by atoms with E-state index in [1.807, 2.05) is 0 Å². The molecule has 3 nitrogen and oxygen atoms in total. The van der Waals surface area contributed by atoms with Crippen LogP contribution in [0.5, 0.6) is 5.75 Å². The Bertz CT molecular complexity index is 403. The summed E-state index contributed by atoms with van der Waals surface area (Å²) in [5, 5.41) is 8.65. The molecule has 0 unspecified atom stereocenters. The van der Waals surface area contributed by atoms with E-state index in [9.17, 15) is 18.0 Å². The van der Waals surface area contributed by atoms with Crippen molar-refractivity contribution in [3.8, 4) is 5.75 Å². The van der Waals surface area contributed by atoms with Gasteiger partial charge in [0.1, 0.15) is 5.75 Å². The average Bonchev–Trinajstić information content (AvgIpc) is 2.14. The van der Waals surface area contributed by atoms with Crippen molar-refractivity contribution in [2.24, 2.45) is 0 Å². The van der Waals surface area contributed by atoms with Crippen LogP contribution in [0.2, 0.25) is 0 Å². The number of halogens is 4. The molecule has 1 aromatic carbocycles. The highest BCUT2D eigenvalue weighted by Gasteiger charge is 2.28. The van der Waals surface area contributed by atoms with Crippen molar-refractivity contribution in [3.05, 3.63) is 27.3 Å². The molecule has 88 valence electrons. The van der Waals surface area contributed by atoms with Crippen LogP contribution in [-0.2, 0) is 0 Å². The van der Waals surface area contributed by atoms with E-state index in [-0.39, 0.29) is 11.3 Å². The standard InChI is InChI=1S/C9H6F3IO3/c10-9(11,12)4-16-7-3-5(8(14)15)1-2-6(7)13/h1-3H,4H2,(H,14,15). The Hall–Kier alpha value is -0.990. The second-order valence-corrected chi connectivity index (χ2v) is 4.02. The summed E-state index contributed by atoms with van der Waals surface area (Å²) in [6, 6.07) is 3.75. The maximum absolute atomic E-state index is 11.9. The lowest BCUT2D eigenvalue weighted by atomic mass is 10.2. The first kappa shape index (κ1) is 13.1. The second kappa shape index (κ2) is 4.89. The van der Waals surface area contributed by atoms with Gasteiger partial charge in [0.05, 0.1) is 9.13 Å². The number of rotatable bonds is 3. The van der Waals surface area contributed by atoms with Gasteiger partial charge in [0.2, 0.25) is 0 Å². The lowest BCUT2D eigenvalue weighted by Crippen LogP contribution is -2.19. The van der Waals surface area contributed by atoms with Crippen LogP contribution in [0.3, 0.4) is 0 Å². The molecule has 1 rings (SSSR count). The molecule has 0 spiro atoms. The highest BCUT2D eigenvalue weighted by atomic mass is 127. The molecule has 16 heavy (non-hydrogen) atoms. The number of carbonyl (C=O) groups is 1. The van der Waals surface area contributed by atoms with Crippen molar-refractivity contribution in [2.45, 2.75) is 6.18 Å². The van der Waals surface area contributed by atoms with Crippen LogP contribution >= 0.6 is 22.6 Å². The normalized spacial score (nSPS) is 11.2. The summed E-state index contributed by atoms with van der Waals surface area (Å²) in [5.74, 6) is -1.30. The molecule has 0 saturated heterocycles. The minimum atomic E-state index is -4.44. The van der Waals surface area contributed by atoms with Gasteiger partial charge in [-0.15, -0.1) is 0 Å². The monoisotopic (exact) mass is 346 g/mol. The number of alkyl halides is 3. The molecule has 0 atom stereocenters. The third kappa shape index (κ3) is 3.87. The Morgan fingerprint density at radius 3 is 2.56 bits per heavy atom. The fourth-order valence-corrected chi connectivity index (χ4v) is 1.40. The second-order valence-electron chi connectivity index (χ2n) is 2.85. The van der Waals surface area contributed by atoms with Gasteiger partial charge in [0, 0.05) is 0 Å². The van der Waals surface area contributed by atoms with Gasteiger partial charge in [-0.05, 0) is 40.8 Å². The van der Waals surface area contributed by atoms with E-state index in [2.05, 4.69) is 4.74 Å². The summed E-state index contributed by atoms with van der Waals surface area (Å²) in [6.45, 7) is -1.44. The van der Waals surface area contributed by atoms with Crippen LogP contribution in [-0.4, -0.2) is 23.9 Å². The zero-order valence-electron chi connectivity index (χ0n) is 7.71. The first-order valence-corrected chi connectivity index (χ1v) is 5.10. The van der Waals surface area contributed by atoms with Gasteiger partial charge in [-0.3, -0.25) is 0 Å². The predicted molar refractivity (Wildman–Crippen MR) is 57.7 cm³/mol. The van der Waals surface area contributed by atoms with Crippen LogP contribution in [0.4, 0.5) is 13.2 Å². The van der Waals surface area contributed by atoms with Gasteiger partial charge >= 0.3 is 12.1 Å². The molecule has 0 bridgehead atoms. The van der Waals surface area contributed by atoms with E-state index >= 15 is 0 Å². The summed E-state index contributed by atoms with van der Waals surface area (Å²) in [7, 11) is 0. The molecule has 0 radical (unpaired) electrons. The molecule has 0 aliphatic carbocycles. The molecule has 0 fully saturated rings. The molecule has 0 aromatic heterocycles. The zero-order valence-corrected chi connectivity index (χ0v) is 9.87. The minimum absolute atomic E-state index is 0.0853. The summed E-state index contributed by atoms with van der Waals surface area (Å²) >= 11 is 1.77. The smallest absolute Gasteiger partial charge is 0.422 e.